The number of hydrogen-bond donors (Lipinski definition) is 1. The zero-order chi connectivity index (χ0) is 21.3. The van der Waals surface area contributed by atoms with Gasteiger partial charge in [0.2, 0.25) is 0 Å². The van der Waals surface area contributed by atoms with E-state index in [4.69, 9.17) is 14.2 Å². The molecule has 0 saturated heterocycles. The Labute approximate surface area is 182 Å². The Balaban J connectivity index is 1.61. The molecule has 0 fully saturated rings. The van der Waals surface area contributed by atoms with Gasteiger partial charge in [0.05, 0.1) is 13.3 Å². The van der Waals surface area contributed by atoms with E-state index in [2.05, 4.69) is 38.0 Å². The number of nitrogens with zero attached hydrogens (tertiary/aromatic N) is 2. The summed E-state index contributed by atoms with van der Waals surface area (Å²) in [5.41, 5.74) is 3.85. The number of ether oxygens (including phenoxy) is 3. The van der Waals surface area contributed by atoms with E-state index in [0.717, 1.165) is 9.86 Å². The van der Waals surface area contributed by atoms with E-state index in [1.54, 1.807) is 37.6 Å². The molecule has 0 aliphatic heterocycles. The van der Waals surface area contributed by atoms with Crippen LogP contribution in [0.1, 0.15) is 5.56 Å². The van der Waals surface area contributed by atoms with Crippen molar-refractivity contribution in [2.45, 2.75) is 0 Å². The first-order chi connectivity index (χ1) is 14.6. The van der Waals surface area contributed by atoms with Gasteiger partial charge < -0.3 is 14.2 Å². The number of hydrazone groups is 1. The highest BCUT2D eigenvalue weighted by Crippen LogP contribution is 2.33. The average molecular weight is 470 g/mol. The number of fused-ring (bicyclic) bond motifs is 1. The first-order valence-electron chi connectivity index (χ1n) is 9.02. The predicted octanol–water partition coefficient (Wildman–Crippen LogP) is 4.10. The van der Waals surface area contributed by atoms with Crippen molar-refractivity contribution in [1.82, 2.24) is 10.4 Å². The van der Waals surface area contributed by atoms with Crippen LogP contribution in [0.3, 0.4) is 0 Å². The number of para-hydroxylation sites is 1. The normalized spacial score (nSPS) is 10.7. The second-order valence-electron chi connectivity index (χ2n) is 6.04. The van der Waals surface area contributed by atoms with Gasteiger partial charge in [-0.2, -0.15) is 5.10 Å². The van der Waals surface area contributed by atoms with Crippen molar-refractivity contribution in [3.8, 4) is 17.2 Å². The number of halogens is 1. The molecule has 1 N–H and O–H groups in total. The van der Waals surface area contributed by atoms with Crippen LogP contribution >= 0.6 is 15.9 Å². The van der Waals surface area contributed by atoms with Crippen LogP contribution in [-0.2, 0) is 4.79 Å². The van der Waals surface area contributed by atoms with Crippen molar-refractivity contribution in [1.29, 1.82) is 0 Å². The van der Waals surface area contributed by atoms with E-state index < -0.39 is 5.91 Å². The van der Waals surface area contributed by atoms with Crippen LogP contribution in [0.25, 0.3) is 10.9 Å². The number of carbonyl (C=O) groups is 1. The van der Waals surface area contributed by atoms with Gasteiger partial charge in [-0.1, -0.05) is 30.9 Å². The summed E-state index contributed by atoms with van der Waals surface area (Å²) in [5.74, 6) is 1.25. The Kier molecular flexibility index (Phi) is 7.40. The van der Waals surface area contributed by atoms with Crippen LogP contribution in [0.4, 0.5) is 0 Å². The van der Waals surface area contributed by atoms with Crippen molar-refractivity contribution in [3.63, 3.8) is 0 Å². The van der Waals surface area contributed by atoms with Crippen LogP contribution in [-0.4, -0.2) is 37.4 Å². The number of pyridine rings is 1. The fraction of sp³-hybridized carbons (Fsp3) is 0.136. The third kappa shape index (κ3) is 5.36. The van der Waals surface area contributed by atoms with E-state index in [0.29, 0.717) is 34.9 Å². The van der Waals surface area contributed by atoms with Crippen molar-refractivity contribution >= 4 is 39.0 Å². The molecule has 30 heavy (non-hydrogen) atoms. The van der Waals surface area contributed by atoms with Crippen LogP contribution in [0.15, 0.2) is 70.9 Å². The summed E-state index contributed by atoms with van der Waals surface area (Å²) in [6, 6.07) is 12.8. The van der Waals surface area contributed by atoms with Crippen LogP contribution in [0.2, 0.25) is 0 Å². The van der Waals surface area contributed by atoms with E-state index in [-0.39, 0.29) is 6.61 Å². The number of benzene rings is 2. The molecule has 3 rings (SSSR count). The highest BCUT2D eigenvalue weighted by molar-refractivity contribution is 9.10. The molecule has 154 valence electrons. The van der Waals surface area contributed by atoms with Crippen molar-refractivity contribution in [3.05, 3.63) is 71.4 Å². The summed E-state index contributed by atoms with van der Waals surface area (Å²) in [5, 5.41) is 4.92. The van der Waals surface area contributed by atoms with E-state index >= 15 is 0 Å². The zero-order valence-electron chi connectivity index (χ0n) is 16.3. The largest absolute Gasteiger partial charge is 0.493 e. The molecule has 0 saturated carbocycles. The second kappa shape index (κ2) is 10.4. The summed E-state index contributed by atoms with van der Waals surface area (Å²) in [7, 11) is 1.55. The summed E-state index contributed by atoms with van der Waals surface area (Å²) in [6.07, 6.45) is 4.83. The first-order valence-corrected chi connectivity index (χ1v) is 9.81. The molecule has 2 aromatic carbocycles. The van der Waals surface area contributed by atoms with Gasteiger partial charge in [-0.25, -0.2) is 5.43 Å². The molecule has 0 spiro atoms. The lowest BCUT2D eigenvalue weighted by atomic mass is 10.2. The molecule has 0 unspecified atom stereocenters. The molecule has 1 aromatic heterocycles. The van der Waals surface area contributed by atoms with Gasteiger partial charge in [-0.05, 0) is 40.2 Å². The van der Waals surface area contributed by atoms with Gasteiger partial charge in [-0.3, -0.25) is 9.78 Å². The number of methoxy groups -OCH3 is 1. The average Bonchev–Trinajstić information content (AvgIpc) is 2.77. The van der Waals surface area contributed by atoms with E-state index in [1.807, 2.05) is 24.3 Å². The molecule has 0 aliphatic carbocycles. The number of nitrogens with one attached hydrogen (secondary N) is 1. The summed E-state index contributed by atoms with van der Waals surface area (Å²) in [6.45, 7) is 3.80. The summed E-state index contributed by atoms with van der Waals surface area (Å²) >= 11 is 3.46. The van der Waals surface area contributed by atoms with Gasteiger partial charge in [0.25, 0.3) is 5.91 Å². The standard InChI is InChI=1S/C22H20BrN3O4/c1-3-10-29-20-12-17(23)16(11-19(20)28-2)13-25-26-21(27)14-30-18-8-4-6-15-7-5-9-24-22(15)18/h3-9,11-13H,1,10,14H2,2H3,(H,26,27)/b25-13+. The SMILES string of the molecule is C=CCOc1cc(Br)c(/C=N/NC(=O)COc2cccc3cccnc23)cc1OC. The number of rotatable bonds is 9. The summed E-state index contributed by atoms with van der Waals surface area (Å²) in [4.78, 5) is 16.4. The smallest absolute Gasteiger partial charge is 0.277 e. The third-order valence-corrected chi connectivity index (χ3v) is 4.67. The van der Waals surface area contributed by atoms with Gasteiger partial charge in [0, 0.05) is 21.6 Å². The quantitative estimate of drug-likeness (QED) is 0.289. The lowest BCUT2D eigenvalue weighted by molar-refractivity contribution is -0.123. The Bertz CT molecular complexity index is 1080. The van der Waals surface area contributed by atoms with Gasteiger partial charge in [0.1, 0.15) is 17.9 Å². The maximum atomic E-state index is 12.1. The Morgan fingerprint density at radius 2 is 2.03 bits per heavy atom. The van der Waals surface area contributed by atoms with Crippen LogP contribution in [0.5, 0.6) is 17.2 Å². The number of aromatic nitrogens is 1. The Morgan fingerprint density at radius 1 is 1.20 bits per heavy atom. The monoisotopic (exact) mass is 469 g/mol. The number of hydrogen-bond acceptors (Lipinski definition) is 6. The lowest BCUT2D eigenvalue weighted by Gasteiger charge is -2.11. The Hall–Kier alpha value is -3.39. The lowest BCUT2D eigenvalue weighted by Crippen LogP contribution is -2.24. The van der Waals surface area contributed by atoms with E-state index in [9.17, 15) is 4.79 Å². The van der Waals surface area contributed by atoms with E-state index in [1.165, 1.54) is 6.21 Å². The molecule has 0 radical (unpaired) electrons. The second-order valence-corrected chi connectivity index (χ2v) is 6.89. The molecular weight excluding hydrogens is 450 g/mol. The Morgan fingerprint density at radius 3 is 2.83 bits per heavy atom. The zero-order valence-corrected chi connectivity index (χ0v) is 17.9. The molecule has 0 aliphatic rings. The minimum atomic E-state index is -0.395. The maximum Gasteiger partial charge on any atom is 0.277 e. The summed E-state index contributed by atoms with van der Waals surface area (Å²) < 4.78 is 17.2. The fourth-order valence-corrected chi connectivity index (χ4v) is 3.04. The molecule has 0 atom stereocenters. The molecule has 1 amide bonds. The molecule has 3 aromatic rings. The van der Waals surface area contributed by atoms with Gasteiger partial charge >= 0.3 is 0 Å². The van der Waals surface area contributed by atoms with Crippen molar-refractivity contribution in [2.75, 3.05) is 20.3 Å². The van der Waals surface area contributed by atoms with Gasteiger partial charge in [-0.15, -0.1) is 0 Å². The minimum Gasteiger partial charge on any atom is -0.493 e. The number of carbonyl (C=O) groups excluding carboxylic acids is 1. The minimum absolute atomic E-state index is 0.189. The number of amides is 1. The molecule has 1 heterocycles. The topological polar surface area (TPSA) is 82.0 Å². The molecule has 0 bridgehead atoms. The highest BCUT2D eigenvalue weighted by Gasteiger charge is 2.10. The van der Waals surface area contributed by atoms with Crippen molar-refractivity contribution < 1.29 is 19.0 Å². The first kappa shape index (κ1) is 21.3. The molecule has 8 heteroatoms. The highest BCUT2D eigenvalue weighted by atomic mass is 79.9. The van der Waals surface area contributed by atoms with Crippen LogP contribution in [0, 0.1) is 0 Å². The maximum absolute atomic E-state index is 12.1. The van der Waals surface area contributed by atoms with Gasteiger partial charge in [0.15, 0.2) is 18.1 Å². The molecular formula is C22H20BrN3O4. The van der Waals surface area contributed by atoms with Crippen LogP contribution < -0.4 is 19.6 Å². The fourth-order valence-electron chi connectivity index (χ4n) is 2.61. The van der Waals surface area contributed by atoms with Crippen molar-refractivity contribution in [2.24, 2.45) is 5.10 Å². The molecule has 7 nitrogen and oxygen atoms in total. The third-order valence-electron chi connectivity index (χ3n) is 3.99. The predicted molar refractivity (Wildman–Crippen MR) is 119 cm³/mol.